The largest absolute Gasteiger partial charge is 0.444 e. The molecule has 0 aromatic heterocycles. The third kappa shape index (κ3) is 8.68. The predicted molar refractivity (Wildman–Crippen MR) is 74.9 cm³/mol. The Kier molecular flexibility index (Phi) is 8.12. The molecule has 2 amide bonds. The van der Waals surface area contributed by atoms with E-state index in [1.165, 1.54) is 0 Å². The summed E-state index contributed by atoms with van der Waals surface area (Å²) < 4.78 is 5.07. The van der Waals surface area contributed by atoms with Gasteiger partial charge < -0.3 is 31.9 Å². The Morgan fingerprint density at radius 1 is 1.30 bits per heavy atom. The molecule has 20 heavy (non-hydrogen) atoms. The number of nitrogens with two attached hydrogens (primary N) is 2. The van der Waals surface area contributed by atoms with Gasteiger partial charge in [-0.3, -0.25) is 4.79 Å². The molecule has 0 spiro atoms. The van der Waals surface area contributed by atoms with Crippen molar-refractivity contribution in [1.82, 2.24) is 10.6 Å². The highest BCUT2D eigenvalue weighted by molar-refractivity contribution is 5.85. The number of aliphatic hydroxyl groups excluding tert-OH is 1. The summed E-state index contributed by atoms with van der Waals surface area (Å²) >= 11 is 0. The fourth-order valence-electron chi connectivity index (χ4n) is 1.31. The number of alkyl carbamates (subject to hydrolysis) is 1. The van der Waals surface area contributed by atoms with E-state index in [0.29, 0.717) is 0 Å². The summed E-state index contributed by atoms with van der Waals surface area (Å²) in [6.07, 6.45) is -1.24. The molecule has 0 fully saturated rings. The minimum Gasteiger partial charge on any atom is -0.444 e. The number of rotatable bonds is 7. The van der Waals surface area contributed by atoms with E-state index in [1.807, 2.05) is 0 Å². The maximum atomic E-state index is 11.9. The lowest BCUT2D eigenvalue weighted by Crippen LogP contribution is -2.50. The Balaban J connectivity index is 4.40. The van der Waals surface area contributed by atoms with Crippen LogP contribution < -0.4 is 22.1 Å². The summed E-state index contributed by atoms with van der Waals surface area (Å²) in [4.78, 5) is 23.5. The van der Waals surface area contributed by atoms with Gasteiger partial charge >= 0.3 is 6.09 Å². The zero-order valence-electron chi connectivity index (χ0n) is 12.3. The second-order valence-electron chi connectivity index (χ2n) is 5.41. The van der Waals surface area contributed by atoms with Crippen molar-refractivity contribution in [2.75, 3.05) is 19.6 Å². The number of carbonyl (C=O) groups is 2. The smallest absolute Gasteiger partial charge is 0.408 e. The van der Waals surface area contributed by atoms with E-state index in [-0.39, 0.29) is 26.1 Å². The van der Waals surface area contributed by atoms with E-state index < -0.39 is 29.7 Å². The highest BCUT2D eigenvalue weighted by Crippen LogP contribution is 2.07. The molecule has 0 bridgehead atoms. The average molecular weight is 290 g/mol. The van der Waals surface area contributed by atoms with Crippen molar-refractivity contribution in [2.45, 2.75) is 44.9 Å². The van der Waals surface area contributed by atoms with Crippen molar-refractivity contribution in [3.63, 3.8) is 0 Å². The molecule has 0 aliphatic heterocycles. The first-order chi connectivity index (χ1) is 9.19. The molecule has 7 N–H and O–H groups in total. The molecule has 0 aromatic rings. The Hall–Kier alpha value is -1.38. The van der Waals surface area contributed by atoms with Crippen LogP contribution in [0.2, 0.25) is 0 Å². The second-order valence-corrected chi connectivity index (χ2v) is 5.41. The van der Waals surface area contributed by atoms with E-state index in [1.54, 1.807) is 20.8 Å². The molecule has 0 aromatic carbocycles. The molecule has 8 heteroatoms. The first-order valence-electron chi connectivity index (χ1n) is 6.55. The normalized spacial score (nSPS) is 14.3. The summed E-state index contributed by atoms with van der Waals surface area (Å²) in [5, 5.41) is 14.2. The second kappa shape index (κ2) is 8.72. The fourth-order valence-corrected chi connectivity index (χ4v) is 1.31. The number of hydrogen-bond acceptors (Lipinski definition) is 6. The fraction of sp³-hybridized carbons (Fsp3) is 0.833. The van der Waals surface area contributed by atoms with Gasteiger partial charge in [-0.1, -0.05) is 0 Å². The number of amides is 2. The summed E-state index contributed by atoms with van der Waals surface area (Å²) in [7, 11) is 0. The van der Waals surface area contributed by atoms with Crippen molar-refractivity contribution in [3.05, 3.63) is 0 Å². The SMILES string of the molecule is CC(C)(C)OC(=O)N[C@@H](CCN)C(=O)NCC(O)CN. The van der Waals surface area contributed by atoms with Gasteiger partial charge in [-0.2, -0.15) is 0 Å². The van der Waals surface area contributed by atoms with E-state index in [0.717, 1.165) is 0 Å². The molecule has 0 saturated carbocycles. The average Bonchev–Trinajstić information content (AvgIpc) is 2.32. The first-order valence-corrected chi connectivity index (χ1v) is 6.55. The molecule has 8 nitrogen and oxygen atoms in total. The van der Waals surface area contributed by atoms with Crippen LogP contribution in [0.1, 0.15) is 27.2 Å². The number of hydrogen-bond donors (Lipinski definition) is 5. The molecule has 0 rings (SSSR count). The van der Waals surface area contributed by atoms with Gasteiger partial charge in [0.05, 0.1) is 6.10 Å². The summed E-state index contributed by atoms with van der Waals surface area (Å²) in [6, 6.07) is -0.806. The standard InChI is InChI=1S/C12H26N4O4/c1-12(2,3)20-11(19)16-9(4-5-13)10(18)15-7-8(17)6-14/h8-9,17H,4-7,13-14H2,1-3H3,(H,15,18)(H,16,19)/t8?,9-/m0/s1. The lowest BCUT2D eigenvalue weighted by molar-refractivity contribution is -0.123. The highest BCUT2D eigenvalue weighted by atomic mass is 16.6. The lowest BCUT2D eigenvalue weighted by atomic mass is 10.2. The van der Waals surface area contributed by atoms with Crippen molar-refractivity contribution in [2.24, 2.45) is 11.5 Å². The topological polar surface area (TPSA) is 140 Å². The van der Waals surface area contributed by atoms with Crippen LogP contribution in [-0.2, 0) is 9.53 Å². The van der Waals surface area contributed by atoms with E-state index in [4.69, 9.17) is 16.2 Å². The van der Waals surface area contributed by atoms with E-state index >= 15 is 0 Å². The molecule has 118 valence electrons. The van der Waals surface area contributed by atoms with Gasteiger partial charge in [-0.15, -0.1) is 0 Å². The Labute approximate surface area is 119 Å². The number of nitrogens with one attached hydrogen (secondary N) is 2. The number of ether oxygens (including phenoxy) is 1. The summed E-state index contributed by atoms with van der Waals surface area (Å²) in [5.74, 6) is -0.436. The molecule has 1 unspecified atom stereocenters. The summed E-state index contributed by atoms with van der Waals surface area (Å²) in [5.41, 5.74) is 9.99. The van der Waals surface area contributed by atoms with Gasteiger partial charge in [0, 0.05) is 13.1 Å². The van der Waals surface area contributed by atoms with Crippen LogP contribution >= 0.6 is 0 Å². The molecular formula is C12H26N4O4. The molecule has 2 atom stereocenters. The van der Waals surface area contributed by atoms with Crippen molar-refractivity contribution >= 4 is 12.0 Å². The summed E-state index contributed by atoms with van der Waals surface area (Å²) in [6.45, 7) is 5.47. The van der Waals surface area contributed by atoms with Gasteiger partial charge in [-0.25, -0.2) is 4.79 Å². The first kappa shape index (κ1) is 18.6. The van der Waals surface area contributed by atoms with Gasteiger partial charge in [0.25, 0.3) is 0 Å². The minimum atomic E-state index is -0.820. The number of aliphatic hydroxyl groups is 1. The van der Waals surface area contributed by atoms with Crippen LogP contribution in [0.25, 0.3) is 0 Å². The van der Waals surface area contributed by atoms with Crippen molar-refractivity contribution < 1.29 is 19.4 Å². The van der Waals surface area contributed by atoms with Crippen LogP contribution in [0.15, 0.2) is 0 Å². The van der Waals surface area contributed by atoms with Crippen molar-refractivity contribution in [1.29, 1.82) is 0 Å². The van der Waals surface area contributed by atoms with Crippen molar-refractivity contribution in [3.8, 4) is 0 Å². The van der Waals surface area contributed by atoms with Crippen LogP contribution in [0.4, 0.5) is 4.79 Å². The Morgan fingerprint density at radius 3 is 2.35 bits per heavy atom. The van der Waals surface area contributed by atoms with Gasteiger partial charge in [0.2, 0.25) is 5.91 Å². The molecule has 0 aliphatic rings. The van der Waals surface area contributed by atoms with Gasteiger partial charge in [0.15, 0.2) is 0 Å². The molecule has 0 heterocycles. The molecule has 0 radical (unpaired) electrons. The zero-order chi connectivity index (χ0) is 15.8. The molecular weight excluding hydrogens is 264 g/mol. The van der Waals surface area contributed by atoms with Crippen LogP contribution in [-0.4, -0.2) is 54.5 Å². The van der Waals surface area contributed by atoms with Gasteiger partial charge in [-0.05, 0) is 33.7 Å². The zero-order valence-corrected chi connectivity index (χ0v) is 12.3. The van der Waals surface area contributed by atoms with Gasteiger partial charge in [0.1, 0.15) is 11.6 Å². The third-order valence-electron chi connectivity index (χ3n) is 2.25. The minimum absolute atomic E-state index is 0.0202. The predicted octanol–water partition coefficient (Wildman–Crippen LogP) is -1.34. The highest BCUT2D eigenvalue weighted by Gasteiger charge is 2.23. The van der Waals surface area contributed by atoms with E-state index in [2.05, 4.69) is 10.6 Å². The quantitative estimate of drug-likeness (QED) is 0.393. The number of carbonyl (C=O) groups excluding carboxylic acids is 2. The maximum Gasteiger partial charge on any atom is 0.408 e. The maximum absolute atomic E-state index is 11.9. The molecule has 0 aliphatic carbocycles. The van der Waals surface area contributed by atoms with Crippen LogP contribution in [0, 0.1) is 0 Å². The Morgan fingerprint density at radius 2 is 1.90 bits per heavy atom. The molecule has 0 saturated heterocycles. The third-order valence-corrected chi connectivity index (χ3v) is 2.25. The van der Waals surface area contributed by atoms with Crippen LogP contribution in [0.3, 0.4) is 0 Å². The lowest BCUT2D eigenvalue weighted by Gasteiger charge is -2.23. The monoisotopic (exact) mass is 290 g/mol. The Bertz CT molecular complexity index is 317. The van der Waals surface area contributed by atoms with E-state index in [9.17, 15) is 14.7 Å². The van der Waals surface area contributed by atoms with Crippen LogP contribution in [0.5, 0.6) is 0 Å².